The van der Waals surface area contributed by atoms with Crippen molar-refractivity contribution in [3.8, 4) is 0 Å². The molecule has 0 aliphatic rings. The molecule has 0 atom stereocenters. The summed E-state index contributed by atoms with van der Waals surface area (Å²) in [5, 5.41) is 14.8. The van der Waals surface area contributed by atoms with Crippen LogP contribution in [0.5, 0.6) is 0 Å². The summed E-state index contributed by atoms with van der Waals surface area (Å²) in [6.07, 6.45) is 4.05. The minimum absolute atomic E-state index is 0.0649. The number of aryl methyl sites for hydroxylation is 2. The van der Waals surface area contributed by atoms with Gasteiger partial charge in [-0.3, -0.25) is 10.1 Å². The van der Waals surface area contributed by atoms with Crippen LogP contribution in [0.2, 0.25) is 0 Å². The maximum atomic E-state index is 10.7. The summed E-state index contributed by atoms with van der Waals surface area (Å²) in [7, 11) is 0. The third-order valence-electron chi connectivity index (χ3n) is 2.29. The topological polar surface area (TPSA) is 87.0 Å². The van der Waals surface area contributed by atoms with Crippen LogP contribution in [-0.4, -0.2) is 26.7 Å². The van der Waals surface area contributed by atoms with E-state index >= 15 is 0 Å². The van der Waals surface area contributed by atoms with Crippen LogP contribution in [0.1, 0.15) is 18.5 Å². The Morgan fingerprint density at radius 3 is 2.75 bits per heavy atom. The molecule has 0 saturated heterocycles. The summed E-state index contributed by atoms with van der Waals surface area (Å²) in [5.41, 5.74) is 5.99. The summed E-state index contributed by atoms with van der Waals surface area (Å²) in [5.74, 6) is 1.24. The fourth-order valence-electron chi connectivity index (χ4n) is 1.49. The zero-order valence-corrected chi connectivity index (χ0v) is 10.3. The van der Waals surface area contributed by atoms with Gasteiger partial charge >= 0.3 is 5.69 Å². The second kappa shape index (κ2) is 5.74. The molecule has 1 heterocycles. The van der Waals surface area contributed by atoms with Crippen LogP contribution in [0.15, 0.2) is 0 Å². The lowest BCUT2D eigenvalue weighted by Crippen LogP contribution is -2.06. The highest BCUT2D eigenvalue weighted by molar-refractivity contribution is 7.98. The summed E-state index contributed by atoms with van der Waals surface area (Å²) < 4.78 is 1.52. The van der Waals surface area contributed by atoms with Crippen LogP contribution in [0.25, 0.3) is 0 Å². The van der Waals surface area contributed by atoms with Crippen LogP contribution in [0.4, 0.5) is 11.5 Å². The van der Waals surface area contributed by atoms with Crippen molar-refractivity contribution in [3.05, 3.63) is 15.8 Å². The quantitative estimate of drug-likeness (QED) is 0.468. The number of nitrogens with zero attached hydrogens (tertiary/aromatic N) is 3. The number of unbranched alkanes of at least 4 members (excludes halogenated alkanes) is 1. The van der Waals surface area contributed by atoms with Gasteiger partial charge in [0.25, 0.3) is 0 Å². The van der Waals surface area contributed by atoms with Crippen molar-refractivity contribution in [2.45, 2.75) is 26.3 Å². The van der Waals surface area contributed by atoms with Crippen molar-refractivity contribution in [1.82, 2.24) is 9.78 Å². The fourth-order valence-corrected chi connectivity index (χ4v) is 1.99. The summed E-state index contributed by atoms with van der Waals surface area (Å²) in [6, 6.07) is 0. The Labute approximate surface area is 98.3 Å². The molecule has 1 aromatic rings. The van der Waals surface area contributed by atoms with E-state index in [1.54, 1.807) is 18.7 Å². The SMILES string of the molecule is CSCCCCn1nc(C)c([N+](=O)[O-])c1N. The molecule has 6 nitrogen and oxygen atoms in total. The zero-order valence-electron chi connectivity index (χ0n) is 9.47. The highest BCUT2D eigenvalue weighted by Crippen LogP contribution is 2.25. The average molecular weight is 244 g/mol. The van der Waals surface area contributed by atoms with Gasteiger partial charge in [0.1, 0.15) is 5.69 Å². The molecule has 90 valence electrons. The number of hydrogen-bond acceptors (Lipinski definition) is 5. The number of thioether (sulfide) groups is 1. The van der Waals surface area contributed by atoms with E-state index in [9.17, 15) is 10.1 Å². The molecule has 0 radical (unpaired) electrons. The third-order valence-corrected chi connectivity index (χ3v) is 2.98. The molecule has 1 aromatic heterocycles. The van der Waals surface area contributed by atoms with Crippen molar-refractivity contribution >= 4 is 23.3 Å². The molecule has 0 amide bonds. The van der Waals surface area contributed by atoms with Gasteiger partial charge in [-0.05, 0) is 31.8 Å². The van der Waals surface area contributed by atoms with E-state index in [2.05, 4.69) is 11.4 Å². The lowest BCUT2D eigenvalue weighted by atomic mass is 10.3. The number of aromatic nitrogens is 2. The maximum Gasteiger partial charge on any atom is 0.333 e. The van der Waals surface area contributed by atoms with Gasteiger partial charge in [-0.15, -0.1) is 0 Å². The number of rotatable bonds is 6. The van der Waals surface area contributed by atoms with Crippen LogP contribution >= 0.6 is 11.8 Å². The van der Waals surface area contributed by atoms with Crippen molar-refractivity contribution < 1.29 is 4.92 Å². The second-order valence-electron chi connectivity index (χ2n) is 3.50. The predicted molar refractivity (Wildman–Crippen MR) is 65.6 cm³/mol. The average Bonchev–Trinajstić information content (AvgIpc) is 2.49. The Morgan fingerprint density at radius 1 is 1.56 bits per heavy atom. The van der Waals surface area contributed by atoms with Crippen molar-refractivity contribution in [1.29, 1.82) is 0 Å². The molecular weight excluding hydrogens is 228 g/mol. The smallest absolute Gasteiger partial charge is 0.333 e. The van der Waals surface area contributed by atoms with Crippen LogP contribution in [-0.2, 0) is 6.54 Å². The lowest BCUT2D eigenvalue weighted by molar-refractivity contribution is -0.384. The Bertz CT molecular complexity index is 378. The van der Waals surface area contributed by atoms with E-state index in [-0.39, 0.29) is 11.5 Å². The Balaban J connectivity index is 2.67. The minimum Gasteiger partial charge on any atom is -0.378 e. The Morgan fingerprint density at radius 2 is 2.25 bits per heavy atom. The van der Waals surface area contributed by atoms with E-state index in [0.29, 0.717) is 12.2 Å². The van der Waals surface area contributed by atoms with E-state index in [1.165, 1.54) is 4.68 Å². The largest absolute Gasteiger partial charge is 0.378 e. The molecule has 0 saturated carbocycles. The highest BCUT2D eigenvalue weighted by atomic mass is 32.2. The standard InChI is InChI=1S/C9H16N4O2S/c1-7-8(13(14)15)9(10)12(11-7)5-3-4-6-16-2/h3-6,10H2,1-2H3. The van der Waals surface area contributed by atoms with Crippen LogP contribution in [0, 0.1) is 17.0 Å². The van der Waals surface area contributed by atoms with Gasteiger partial charge in [-0.2, -0.15) is 16.9 Å². The minimum atomic E-state index is -0.476. The molecule has 0 aliphatic carbocycles. The summed E-state index contributed by atoms with van der Waals surface area (Å²) in [6.45, 7) is 2.24. The number of nitrogens with two attached hydrogens (primary N) is 1. The maximum absolute atomic E-state index is 10.7. The molecule has 0 spiro atoms. The first-order valence-electron chi connectivity index (χ1n) is 5.04. The Kier molecular flexibility index (Phi) is 4.60. The molecule has 7 heteroatoms. The summed E-state index contributed by atoms with van der Waals surface area (Å²) >= 11 is 1.79. The van der Waals surface area contributed by atoms with Gasteiger partial charge in [0, 0.05) is 6.54 Å². The van der Waals surface area contributed by atoms with Crippen molar-refractivity contribution in [2.75, 3.05) is 17.7 Å². The Hall–Kier alpha value is -1.24. The first-order chi connectivity index (χ1) is 7.57. The normalized spacial score (nSPS) is 10.6. The first kappa shape index (κ1) is 12.8. The predicted octanol–water partition coefficient (Wildman–Crippen LogP) is 1.83. The van der Waals surface area contributed by atoms with Gasteiger partial charge in [-0.25, -0.2) is 4.68 Å². The van der Waals surface area contributed by atoms with E-state index in [1.807, 2.05) is 0 Å². The number of nitro groups is 1. The van der Waals surface area contributed by atoms with E-state index in [4.69, 9.17) is 5.73 Å². The molecular formula is C9H16N4O2S. The molecule has 0 aromatic carbocycles. The van der Waals surface area contributed by atoms with Gasteiger partial charge in [0.2, 0.25) is 5.82 Å². The fraction of sp³-hybridized carbons (Fsp3) is 0.667. The molecule has 1 rings (SSSR count). The first-order valence-corrected chi connectivity index (χ1v) is 6.43. The molecule has 0 bridgehead atoms. The van der Waals surface area contributed by atoms with Crippen molar-refractivity contribution in [2.24, 2.45) is 0 Å². The number of anilines is 1. The molecule has 0 aliphatic heterocycles. The third kappa shape index (κ3) is 2.88. The second-order valence-corrected chi connectivity index (χ2v) is 4.49. The van der Waals surface area contributed by atoms with Crippen molar-refractivity contribution in [3.63, 3.8) is 0 Å². The van der Waals surface area contributed by atoms with E-state index in [0.717, 1.165) is 18.6 Å². The summed E-state index contributed by atoms with van der Waals surface area (Å²) in [4.78, 5) is 10.2. The van der Waals surface area contributed by atoms with Crippen LogP contribution in [0.3, 0.4) is 0 Å². The van der Waals surface area contributed by atoms with Gasteiger partial charge in [0.05, 0.1) is 4.92 Å². The van der Waals surface area contributed by atoms with Crippen LogP contribution < -0.4 is 5.73 Å². The molecule has 16 heavy (non-hydrogen) atoms. The van der Waals surface area contributed by atoms with Gasteiger partial charge in [0.15, 0.2) is 0 Å². The lowest BCUT2D eigenvalue weighted by Gasteiger charge is -2.02. The highest BCUT2D eigenvalue weighted by Gasteiger charge is 2.22. The van der Waals surface area contributed by atoms with E-state index < -0.39 is 4.92 Å². The van der Waals surface area contributed by atoms with Gasteiger partial charge < -0.3 is 5.73 Å². The zero-order chi connectivity index (χ0) is 12.1. The molecule has 2 N–H and O–H groups in total. The number of nitrogen functional groups attached to an aromatic ring is 1. The monoisotopic (exact) mass is 244 g/mol. The molecule has 0 unspecified atom stereocenters. The molecule has 0 fully saturated rings. The number of hydrogen-bond donors (Lipinski definition) is 1. The van der Waals surface area contributed by atoms with Gasteiger partial charge in [-0.1, -0.05) is 0 Å².